The summed E-state index contributed by atoms with van der Waals surface area (Å²) in [5, 5.41) is 1.88. The minimum absolute atomic E-state index is 0.00886. The quantitative estimate of drug-likeness (QED) is 0.550. The van der Waals surface area contributed by atoms with Crippen LogP contribution in [0.15, 0.2) is 53.7 Å². The standard InChI is InChI=1S/C27H26F4N2O5/c1-25(2)12-18-22(19(34)13-25)26(27(29,30)31,24(36)33(18)14-15-5-8-17(28)9-6-15)32-23(35)16-7-10-20(37-3)21(11-16)38-4/h5-11H,12-14H2,1-4H3,(H,32,35). The van der Waals surface area contributed by atoms with Crippen molar-refractivity contribution in [2.24, 2.45) is 5.41 Å². The van der Waals surface area contributed by atoms with Crippen LogP contribution in [-0.2, 0) is 16.1 Å². The first-order valence-corrected chi connectivity index (χ1v) is 11.7. The van der Waals surface area contributed by atoms with E-state index in [9.17, 15) is 31.9 Å². The average Bonchev–Trinajstić information content (AvgIpc) is 3.07. The van der Waals surface area contributed by atoms with Crippen molar-refractivity contribution in [1.82, 2.24) is 10.2 Å². The Bertz CT molecular complexity index is 1330. The summed E-state index contributed by atoms with van der Waals surface area (Å²) < 4.78 is 68.6. The third-order valence-corrected chi connectivity index (χ3v) is 6.75. The molecule has 0 spiro atoms. The number of ether oxygens (including phenoxy) is 2. The molecule has 1 unspecified atom stereocenters. The Morgan fingerprint density at radius 2 is 1.63 bits per heavy atom. The number of nitrogens with zero attached hydrogens (tertiary/aromatic N) is 1. The van der Waals surface area contributed by atoms with Crippen LogP contribution >= 0.6 is 0 Å². The fraction of sp³-hybridized carbons (Fsp3) is 0.370. The highest BCUT2D eigenvalue weighted by atomic mass is 19.4. The van der Waals surface area contributed by atoms with Gasteiger partial charge in [0, 0.05) is 17.7 Å². The minimum atomic E-state index is -5.36. The second-order valence-electron chi connectivity index (χ2n) is 10.1. The van der Waals surface area contributed by atoms with E-state index in [1.165, 1.54) is 44.6 Å². The molecule has 1 aliphatic carbocycles. The van der Waals surface area contributed by atoms with Crippen LogP contribution in [0.3, 0.4) is 0 Å². The van der Waals surface area contributed by atoms with Crippen molar-refractivity contribution in [2.45, 2.75) is 44.9 Å². The van der Waals surface area contributed by atoms with Gasteiger partial charge in [0.15, 0.2) is 17.3 Å². The molecule has 4 rings (SSSR count). The SMILES string of the molecule is COc1ccc(C(=O)NC2(C(F)(F)F)C(=O)N(Cc3ccc(F)cc3)C3=C2C(=O)CC(C)(C)C3)cc1OC. The third kappa shape index (κ3) is 4.50. The normalized spacial score (nSPS) is 20.9. The number of carbonyl (C=O) groups excluding carboxylic acids is 3. The molecule has 0 fully saturated rings. The van der Waals surface area contributed by atoms with Crippen molar-refractivity contribution < 1.29 is 41.4 Å². The molecule has 1 heterocycles. The van der Waals surface area contributed by atoms with Crippen molar-refractivity contribution in [2.75, 3.05) is 14.2 Å². The zero-order valence-electron chi connectivity index (χ0n) is 21.2. The molecule has 0 bridgehead atoms. The van der Waals surface area contributed by atoms with Crippen molar-refractivity contribution in [3.63, 3.8) is 0 Å². The van der Waals surface area contributed by atoms with Crippen molar-refractivity contribution >= 4 is 17.6 Å². The Morgan fingerprint density at radius 3 is 2.21 bits per heavy atom. The van der Waals surface area contributed by atoms with Gasteiger partial charge < -0.3 is 19.7 Å². The fourth-order valence-electron chi connectivity index (χ4n) is 4.99. The first-order chi connectivity index (χ1) is 17.7. The van der Waals surface area contributed by atoms with Gasteiger partial charge in [0.2, 0.25) is 5.54 Å². The van der Waals surface area contributed by atoms with E-state index in [1.54, 1.807) is 13.8 Å². The molecule has 1 atom stereocenters. The van der Waals surface area contributed by atoms with E-state index in [2.05, 4.69) is 0 Å². The molecule has 0 aromatic heterocycles. The third-order valence-electron chi connectivity index (χ3n) is 6.75. The van der Waals surface area contributed by atoms with Gasteiger partial charge in [-0.3, -0.25) is 14.4 Å². The summed E-state index contributed by atoms with van der Waals surface area (Å²) in [7, 11) is 2.65. The van der Waals surface area contributed by atoms with Gasteiger partial charge in [-0.25, -0.2) is 4.39 Å². The Balaban J connectivity index is 1.85. The van der Waals surface area contributed by atoms with Crippen LogP contribution in [0.4, 0.5) is 17.6 Å². The summed E-state index contributed by atoms with van der Waals surface area (Å²) in [5.41, 5.74) is -5.10. The summed E-state index contributed by atoms with van der Waals surface area (Å²) in [6, 6.07) is 8.66. The molecule has 0 saturated carbocycles. The Labute approximate surface area is 216 Å². The molecule has 2 aliphatic rings. The molecule has 1 aliphatic heterocycles. The Morgan fingerprint density at radius 1 is 1.00 bits per heavy atom. The number of ketones is 1. The van der Waals surface area contributed by atoms with Gasteiger partial charge in [0.25, 0.3) is 11.8 Å². The van der Waals surface area contributed by atoms with E-state index in [0.717, 1.165) is 17.0 Å². The molecule has 2 aromatic rings. The van der Waals surface area contributed by atoms with Gasteiger partial charge in [-0.15, -0.1) is 0 Å². The molecule has 7 nitrogen and oxygen atoms in total. The monoisotopic (exact) mass is 534 g/mol. The van der Waals surface area contributed by atoms with Crippen LogP contribution in [0.1, 0.15) is 42.6 Å². The van der Waals surface area contributed by atoms with E-state index in [1.807, 2.05) is 5.32 Å². The van der Waals surface area contributed by atoms with Gasteiger partial charge in [-0.1, -0.05) is 26.0 Å². The number of benzene rings is 2. The zero-order valence-corrected chi connectivity index (χ0v) is 21.2. The fourth-order valence-corrected chi connectivity index (χ4v) is 4.99. The number of alkyl halides is 3. The van der Waals surface area contributed by atoms with E-state index in [-0.39, 0.29) is 42.1 Å². The van der Waals surface area contributed by atoms with Crippen LogP contribution in [-0.4, -0.2) is 48.4 Å². The van der Waals surface area contributed by atoms with Gasteiger partial charge >= 0.3 is 6.18 Å². The number of carbonyl (C=O) groups is 3. The summed E-state index contributed by atoms with van der Waals surface area (Å²) in [6.45, 7) is 3.08. The topological polar surface area (TPSA) is 84.9 Å². The van der Waals surface area contributed by atoms with Crippen LogP contribution in [0.2, 0.25) is 0 Å². The number of allylic oxidation sites excluding steroid dienone is 1. The molecule has 202 valence electrons. The summed E-state index contributed by atoms with van der Waals surface area (Å²) in [4.78, 5) is 41.1. The lowest BCUT2D eigenvalue weighted by atomic mass is 9.72. The summed E-state index contributed by atoms with van der Waals surface area (Å²) in [5.74, 6) is -3.83. The molecule has 0 radical (unpaired) electrons. The average molecular weight is 535 g/mol. The molecule has 38 heavy (non-hydrogen) atoms. The lowest BCUT2D eigenvalue weighted by Gasteiger charge is -2.35. The zero-order chi connectivity index (χ0) is 28.0. The summed E-state index contributed by atoms with van der Waals surface area (Å²) in [6.07, 6.45) is -5.61. The Kier molecular flexibility index (Phi) is 6.75. The number of hydrogen-bond donors (Lipinski definition) is 1. The second-order valence-corrected chi connectivity index (χ2v) is 10.1. The highest BCUT2D eigenvalue weighted by molar-refractivity contribution is 6.14. The Hall–Kier alpha value is -3.89. The number of rotatable bonds is 6. The largest absolute Gasteiger partial charge is 0.493 e. The molecule has 1 N–H and O–H groups in total. The highest BCUT2D eigenvalue weighted by Gasteiger charge is 2.71. The number of methoxy groups -OCH3 is 2. The van der Waals surface area contributed by atoms with E-state index >= 15 is 0 Å². The maximum atomic E-state index is 15.0. The van der Waals surface area contributed by atoms with E-state index in [4.69, 9.17) is 9.47 Å². The predicted octanol–water partition coefficient (Wildman–Crippen LogP) is 4.56. The molecular formula is C27H26F4N2O5. The number of amides is 2. The van der Waals surface area contributed by atoms with Crippen LogP contribution in [0.5, 0.6) is 11.5 Å². The first-order valence-electron chi connectivity index (χ1n) is 11.7. The van der Waals surface area contributed by atoms with Gasteiger partial charge in [0.1, 0.15) is 5.82 Å². The van der Waals surface area contributed by atoms with E-state index in [0.29, 0.717) is 5.56 Å². The van der Waals surface area contributed by atoms with Gasteiger partial charge in [-0.2, -0.15) is 13.2 Å². The van der Waals surface area contributed by atoms with Crippen molar-refractivity contribution in [1.29, 1.82) is 0 Å². The maximum absolute atomic E-state index is 15.0. The molecule has 0 saturated heterocycles. The second kappa shape index (κ2) is 9.45. The number of Topliss-reactive ketones (excluding diaryl/α,β-unsaturated/α-hetero) is 1. The minimum Gasteiger partial charge on any atom is -0.493 e. The highest BCUT2D eigenvalue weighted by Crippen LogP contribution is 2.52. The number of nitrogens with one attached hydrogen (secondary N) is 1. The number of halogens is 4. The molecule has 2 aromatic carbocycles. The van der Waals surface area contributed by atoms with Gasteiger partial charge in [-0.05, 0) is 47.7 Å². The van der Waals surface area contributed by atoms with Gasteiger partial charge in [0.05, 0.1) is 26.3 Å². The molecule has 2 amide bonds. The van der Waals surface area contributed by atoms with Crippen LogP contribution < -0.4 is 14.8 Å². The van der Waals surface area contributed by atoms with Crippen molar-refractivity contribution in [3.05, 3.63) is 70.7 Å². The summed E-state index contributed by atoms with van der Waals surface area (Å²) >= 11 is 0. The van der Waals surface area contributed by atoms with Crippen LogP contribution in [0.25, 0.3) is 0 Å². The first kappa shape index (κ1) is 27.2. The lowest BCUT2D eigenvalue weighted by molar-refractivity contribution is -0.190. The lowest BCUT2D eigenvalue weighted by Crippen LogP contribution is -2.66. The van der Waals surface area contributed by atoms with Crippen molar-refractivity contribution in [3.8, 4) is 11.5 Å². The van der Waals surface area contributed by atoms with Crippen LogP contribution in [0, 0.1) is 11.2 Å². The maximum Gasteiger partial charge on any atom is 0.425 e. The molecular weight excluding hydrogens is 508 g/mol. The van der Waals surface area contributed by atoms with E-state index < -0.39 is 46.1 Å². The predicted molar refractivity (Wildman–Crippen MR) is 128 cm³/mol. The number of hydrogen-bond acceptors (Lipinski definition) is 5. The molecule has 11 heteroatoms. The smallest absolute Gasteiger partial charge is 0.425 e.